The molecule has 11 heavy (non-hydrogen) atoms. The Morgan fingerprint density at radius 2 is 2.55 bits per heavy atom. The second-order valence-corrected chi connectivity index (χ2v) is 2.88. The van der Waals surface area contributed by atoms with E-state index >= 15 is 0 Å². The minimum atomic E-state index is -1.08. The number of hydrogen-bond acceptors (Lipinski definition) is 3. The van der Waals surface area contributed by atoms with Gasteiger partial charge in [-0.25, -0.2) is 4.79 Å². The average molecular weight is 174 g/mol. The molecule has 4 heteroatoms. The van der Waals surface area contributed by atoms with E-state index in [0.29, 0.717) is 0 Å². The number of allylic oxidation sites excluding steroid dienone is 1. The summed E-state index contributed by atoms with van der Waals surface area (Å²) in [7, 11) is 1.30. The van der Waals surface area contributed by atoms with Gasteiger partial charge in [0.2, 0.25) is 0 Å². The van der Waals surface area contributed by atoms with E-state index in [2.05, 4.69) is 9.73 Å². The Balaban J connectivity index is 2.75. The lowest BCUT2D eigenvalue weighted by Crippen LogP contribution is -2.36. The number of methoxy groups -OCH3 is 1. The summed E-state index contributed by atoms with van der Waals surface area (Å²) >= 11 is 5.85. The van der Waals surface area contributed by atoms with Gasteiger partial charge in [-0.1, -0.05) is 11.6 Å². The number of carbonyl (C=O) groups is 1. The SMILES string of the molecule is COC(=O)C1(Cl)C=CC=NC1. The summed E-state index contributed by atoms with van der Waals surface area (Å²) in [6.45, 7) is 0.248. The molecule has 60 valence electrons. The van der Waals surface area contributed by atoms with Crippen molar-refractivity contribution in [2.75, 3.05) is 13.7 Å². The molecule has 0 N–H and O–H groups in total. The van der Waals surface area contributed by atoms with Crippen LogP contribution >= 0.6 is 11.6 Å². The second kappa shape index (κ2) is 3.05. The molecule has 0 aromatic heterocycles. The van der Waals surface area contributed by atoms with E-state index in [1.165, 1.54) is 7.11 Å². The Kier molecular flexibility index (Phi) is 2.29. The molecule has 0 saturated heterocycles. The van der Waals surface area contributed by atoms with Crippen LogP contribution in [0, 0.1) is 0 Å². The van der Waals surface area contributed by atoms with Crippen LogP contribution in [0.4, 0.5) is 0 Å². The van der Waals surface area contributed by atoms with Gasteiger partial charge < -0.3 is 4.74 Å². The van der Waals surface area contributed by atoms with Crippen LogP contribution in [0.25, 0.3) is 0 Å². The quantitative estimate of drug-likeness (QED) is 0.434. The third-order valence-electron chi connectivity index (χ3n) is 1.40. The topological polar surface area (TPSA) is 38.7 Å². The molecule has 0 spiro atoms. The summed E-state index contributed by atoms with van der Waals surface area (Å²) in [6.07, 6.45) is 4.81. The molecule has 1 aliphatic heterocycles. The number of esters is 1. The molecular formula is C7H8ClNO2. The maximum absolute atomic E-state index is 11.0. The van der Waals surface area contributed by atoms with Crippen molar-refractivity contribution in [2.24, 2.45) is 4.99 Å². The van der Waals surface area contributed by atoms with Crippen molar-refractivity contribution in [3.05, 3.63) is 12.2 Å². The van der Waals surface area contributed by atoms with Crippen LogP contribution < -0.4 is 0 Å². The molecule has 0 aromatic carbocycles. The molecule has 1 rings (SSSR count). The minimum Gasteiger partial charge on any atom is -0.467 e. The Hall–Kier alpha value is -0.830. The molecule has 1 atom stereocenters. The van der Waals surface area contributed by atoms with Crippen LogP contribution in [-0.2, 0) is 9.53 Å². The molecule has 3 nitrogen and oxygen atoms in total. The molecule has 0 saturated carbocycles. The van der Waals surface area contributed by atoms with Gasteiger partial charge in [-0.3, -0.25) is 4.99 Å². The van der Waals surface area contributed by atoms with Gasteiger partial charge >= 0.3 is 5.97 Å². The zero-order chi connectivity index (χ0) is 8.32. The molecule has 0 amide bonds. The van der Waals surface area contributed by atoms with E-state index in [9.17, 15) is 4.79 Å². The highest BCUT2D eigenvalue weighted by atomic mass is 35.5. The molecule has 1 heterocycles. The lowest BCUT2D eigenvalue weighted by Gasteiger charge is -2.19. The number of halogens is 1. The smallest absolute Gasteiger partial charge is 0.332 e. The van der Waals surface area contributed by atoms with Crippen LogP contribution in [0.5, 0.6) is 0 Å². The first kappa shape index (κ1) is 8.27. The van der Waals surface area contributed by atoms with Gasteiger partial charge in [0.05, 0.1) is 13.7 Å². The zero-order valence-corrected chi connectivity index (χ0v) is 6.84. The van der Waals surface area contributed by atoms with Gasteiger partial charge in [-0.15, -0.1) is 0 Å². The summed E-state index contributed by atoms with van der Waals surface area (Å²) in [5.41, 5.74) is 0. The number of alkyl halides is 1. The van der Waals surface area contributed by atoms with Gasteiger partial charge in [0.1, 0.15) is 0 Å². The Bertz CT molecular complexity index is 224. The fraction of sp³-hybridized carbons (Fsp3) is 0.429. The molecule has 0 fully saturated rings. The molecule has 1 aliphatic rings. The number of carbonyl (C=O) groups excluding carboxylic acids is 1. The third-order valence-corrected chi connectivity index (χ3v) is 1.80. The Morgan fingerprint density at radius 3 is 3.00 bits per heavy atom. The molecular weight excluding hydrogens is 166 g/mol. The lowest BCUT2D eigenvalue weighted by atomic mass is 10.1. The van der Waals surface area contributed by atoms with Crippen molar-refractivity contribution in [1.82, 2.24) is 0 Å². The van der Waals surface area contributed by atoms with E-state index in [4.69, 9.17) is 11.6 Å². The molecule has 1 unspecified atom stereocenters. The minimum absolute atomic E-state index is 0.248. The van der Waals surface area contributed by atoms with Gasteiger partial charge in [0.25, 0.3) is 0 Å². The highest BCUT2D eigenvalue weighted by Crippen LogP contribution is 2.21. The van der Waals surface area contributed by atoms with Crippen molar-refractivity contribution in [1.29, 1.82) is 0 Å². The van der Waals surface area contributed by atoms with Crippen LogP contribution in [0.15, 0.2) is 17.1 Å². The van der Waals surface area contributed by atoms with Crippen LogP contribution in [0.1, 0.15) is 0 Å². The zero-order valence-electron chi connectivity index (χ0n) is 6.08. The van der Waals surface area contributed by atoms with Crippen molar-refractivity contribution in [2.45, 2.75) is 4.87 Å². The first-order chi connectivity index (χ1) is 5.19. The van der Waals surface area contributed by atoms with Crippen LogP contribution in [0.2, 0.25) is 0 Å². The average Bonchev–Trinajstić information content (AvgIpc) is 2.04. The summed E-state index contributed by atoms with van der Waals surface area (Å²) in [5.74, 6) is -0.465. The van der Waals surface area contributed by atoms with Gasteiger partial charge in [0.15, 0.2) is 4.87 Å². The van der Waals surface area contributed by atoms with Crippen molar-refractivity contribution in [3.8, 4) is 0 Å². The predicted molar refractivity (Wildman–Crippen MR) is 43.1 cm³/mol. The van der Waals surface area contributed by atoms with E-state index in [1.807, 2.05) is 0 Å². The normalized spacial score (nSPS) is 28.5. The van der Waals surface area contributed by atoms with Gasteiger partial charge in [0, 0.05) is 6.21 Å². The number of nitrogens with zero attached hydrogens (tertiary/aromatic N) is 1. The summed E-state index contributed by atoms with van der Waals surface area (Å²) in [6, 6.07) is 0. The van der Waals surface area contributed by atoms with Crippen molar-refractivity contribution in [3.63, 3.8) is 0 Å². The molecule has 0 bridgehead atoms. The van der Waals surface area contributed by atoms with Crippen molar-refractivity contribution >= 4 is 23.8 Å². The van der Waals surface area contributed by atoms with Crippen LogP contribution in [-0.4, -0.2) is 30.7 Å². The van der Waals surface area contributed by atoms with E-state index in [0.717, 1.165) is 0 Å². The first-order valence-electron chi connectivity index (χ1n) is 3.14. The summed E-state index contributed by atoms with van der Waals surface area (Å²) < 4.78 is 4.50. The molecule has 0 radical (unpaired) electrons. The number of ether oxygens (including phenoxy) is 1. The highest BCUT2D eigenvalue weighted by molar-refractivity contribution is 6.36. The fourth-order valence-corrected chi connectivity index (χ4v) is 1.02. The van der Waals surface area contributed by atoms with E-state index in [1.54, 1.807) is 18.4 Å². The maximum Gasteiger partial charge on any atom is 0.332 e. The lowest BCUT2D eigenvalue weighted by molar-refractivity contribution is -0.142. The molecule has 0 aromatic rings. The fourth-order valence-electron chi connectivity index (χ4n) is 0.797. The van der Waals surface area contributed by atoms with E-state index in [-0.39, 0.29) is 6.54 Å². The number of rotatable bonds is 1. The van der Waals surface area contributed by atoms with E-state index < -0.39 is 10.8 Å². The van der Waals surface area contributed by atoms with Crippen molar-refractivity contribution < 1.29 is 9.53 Å². The molecule has 0 aliphatic carbocycles. The Morgan fingerprint density at radius 1 is 1.82 bits per heavy atom. The summed E-state index contributed by atoms with van der Waals surface area (Å²) in [4.78, 5) is 13.8. The first-order valence-corrected chi connectivity index (χ1v) is 3.52. The highest BCUT2D eigenvalue weighted by Gasteiger charge is 2.35. The monoisotopic (exact) mass is 173 g/mol. The standard InChI is InChI=1S/C7H8ClNO2/c1-11-6(10)7(8)3-2-4-9-5-7/h2-4H,5H2,1H3. The van der Waals surface area contributed by atoms with Crippen LogP contribution in [0.3, 0.4) is 0 Å². The largest absolute Gasteiger partial charge is 0.467 e. The maximum atomic E-state index is 11.0. The number of hydrogen-bond donors (Lipinski definition) is 0. The Labute approximate surface area is 69.7 Å². The second-order valence-electron chi connectivity index (χ2n) is 2.20. The summed E-state index contributed by atoms with van der Waals surface area (Å²) in [5, 5.41) is 0. The predicted octanol–water partition coefficient (Wildman–Crippen LogP) is 0.778. The number of dihydropyridines is 1. The number of aliphatic imine (C=N–C) groups is 1. The third kappa shape index (κ3) is 1.60. The van der Waals surface area contributed by atoms with Gasteiger partial charge in [-0.2, -0.15) is 0 Å². The van der Waals surface area contributed by atoms with Gasteiger partial charge in [-0.05, 0) is 12.2 Å².